The van der Waals surface area contributed by atoms with Gasteiger partial charge in [-0.05, 0) is 6.07 Å². The van der Waals surface area contributed by atoms with E-state index in [1.807, 2.05) is 0 Å². The molecule has 0 aliphatic carbocycles. The standard InChI is InChI=1S/C11H6F3N5/c12-11(13,14)8-1-2-15-3-7(8)10-18-5-17-9-4-16-6-19(9)10/h1-6H. The highest BCUT2D eigenvalue weighted by atomic mass is 19.4. The van der Waals surface area contributed by atoms with Crippen molar-refractivity contribution < 1.29 is 13.2 Å². The normalized spacial score (nSPS) is 11.9. The fraction of sp³-hybridized carbons (Fsp3) is 0.0909. The average Bonchev–Trinajstić information content (AvgIpc) is 2.85. The molecule has 8 heteroatoms. The molecule has 0 atom stereocenters. The van der Waals surface area contributed by atoms with Gasteiger partial charge in [-0.15, -0.1) is 0 Å². The third-order valence-corrected chi connectivity index (χ3v) is 2.58. The molecule has 0 unspecified atom stereocenters. The van der Waals surface area contributed by atoms with Gasteiger partial charge in [-0.3, -0.25) is 9.38 Å². The molecule has 96 valence electrons. The van der Waals surface area contributed by atoms with Crippen LogP contribution in [0.3, 0.4) is 0 Å². The Morgan fingerprint density at radius 3 is 2.68 bits per heavy atom. The number of hydrogen-bond acceptors (Lipinski definition) is 4. The summed E-state index contributed by atoms with van der Waals surface area (Å²) in [4.78, 5) is 15.4. The summed E-state index contributed by atoms with van der Waals surface area (Å²) in [5, 5.41) is 0. The van der Waals surface area contributed by atoms with E-state index in [0.717, 1.165) is 18.5 Å². The smallest absolute Gasteiger partial charge is 0.267 e. The van der Waals surface area contributed by atoms with Crippen LogP contribution < -0.4 is 0 Å². The summed E-state index contributed by atoms with van der Waals surface area (Å²) in [5.41, 5.74) is -0.487. The van der Waals surface area contributed by atoms with Gasteiger partial charge < -0.3 is 0 Å². The van der Waals surface area contributed by atoms with Gasteiger partial charge in [0.15, 0.2) is 11.5 Å². The summed E-state index contributed by atoms with van der Waals surface area (Å²) in [7, 11) is 0. The highest BCUT2D eigenvalue weighted by molar-refractivity contribution is 5.62. The largest absolute Gasteiger partial charge is 0.417 e. The van der Waals surface area contributed by atoms with Crippen molar-refractivity contribution in [1.29, 1.82) is 0 Å². The molecule has 0 aromatic carbocycles. The van der Waals surface area contributed by atoms with Crippen LogP contribution in [0.2, 0.25) is 0 Å². The van der Waals surface area contributed by atoms with E-state index in [4.69, 9.17) is 0 Å². The lowest BCUT2D eigenvalue weighted by Crippen LogP contribution is -2.09. The molecule has 19 heavy (non-hydrogen) atoms. The minimum atomic E-state index is -4.48. The highest BCUT2D eigenvalue weighted by Gasteiger charge is 2.34. The number of aromatic nitrogens is 5. The number of imidazole rings is 1. The molecule has 0 saturated heterocycles. The lowest BCUT2D eigenvalue weighted by Gasteiger charge is -2.12. The zero-order valence-electron chi connectivity index (χ0n) is 9.33. The Hall–Kier alpha value is -2.51. The van der Waals surface area contributed by atoms with Gasteiger partial charge in [0.05, 0.1) is 11.8 Å². The van der Waals surface area contributed by atoms with Gasteiger partial charge in [-0.25, -0.2) is 15.0 Å². The Morgan fingerprint density at radius 1 is 1.05 bits per heavy atom. The molecule has 3 heterocycles. The van der Waals surface area contributed by atoms with Crippen molar-refractivity contribution in [1.82, 2.24) is 24.3 Å². The number of nitrogens with zero attached hydrogens (tertiary/aromatic N) is 5. The number of halogens is 3. The SMILES string of the molecule is FC(F)(F)c1ccncc1-c1ncnc2cncn12. The molecule has 0 amide bonds. The van der Waals surface area contributed by atoms with Crippen molar-refractivity contribution in [2.45, 2.75) is 6.18 Å². The zero-order valence-corrected chi connectivity index (χ0v) is 9.33. The minimum absolute atomic E-state index is 0.0999. The third-order valence-electron chi connectivity index (χ3n) is 2.58. The van der Waals surface area contributed by atoms with Crippen molar-refractivity contribution in [3.63, 3.8) is 0 Å². The van der Waals surface area contributed by atoms with E-state index in [9.17, 15) is 13.2 Å². The molecule has 0 N–H and O–H groups in total. The first kappa shape index (κ1) is 11.6. The van der Waals surface area contributed by atoms with Crippen LogP contribution in [-0.4, -0.2) is 24.3 Å². The summed E-state index contributed by atoms with van der Waals surface area (Å²) in [6.07, 6.45) is 1.74. The molecular formula is C11H6F3N5. The molecular weight excluding hydrogens is 259 g/mol. The summed E-state index contributed by atoms with van der Waals surface area (Å²) < 4.78 is 40.3. The van der Waals surface area contributed by atoms with E-state index >= 15 is 0 Å². The van der Waals surface area contributed by atoms with Crippen LogP contribution in [0.4, 0.5) is 13.2 Å². The molecule has 0 saturated carbocycles. The van der Waals surface area contributed by atoms with Gasteiger partial charge >= 0.3 is 6.18 Å². The van der Waals surface area contributed by atoms with Crippen molar-refractivity contribution in [3.05, 3.63) is 42.9 Å². The van der Waals surface area contributed by atoms with Gasteiger partial charge in [0.25, 0.3) is 0 Å². The van der Waals surface area contributed by atoms with E-state index in [2.05, 4.69) is 19.9 Å². The second-order valence-electron chi connectivity index (χ2n) is 3.74. The third kappa shape index (κ3) is 1.90. The maximum absolute atomic E-state index is 13.0. The van der Waals surface area contributed by atoms with Crippen LogP contribution in [0.25, 0.3) is 17.0 Å². The van der Waals surface area contributed by atoms with E-state index < -0.39 is 11.7 Å². The first-order valence-electron chi connectivity index (χ1n) is 5.22. The van der Waals surface area contributed by atoms with E-state index in [0.29, 0.717) is 5.65 Å². The molecule has 3 aromatic heterocycles. The number of pyridine rings is 1. The number of hydrogen-bond donors (Lipinski definition) is 0. The van der Waals surface area contributed by atoms with Crippen molar-refractivity contribution >= 4 is 5.65 Å². The van der Waals surface area contributed by atoms with Crippen LogP contribution in [0.15, 0.2) is 37.3 Å². The molecule has 0 fully saturated rings. The van der Waals surface area contributed by atoms with Gasteiger partial charge in [0.1, 0.15) is 12.7 Å². The van der Waals surface area contributed by atoms with E-state index in [1.54, 1.807) is 0 Å². The van der Waals surface area contributed by atoms with Crippen molar-refractivity contribution in [2.75, 3.05) is 0 Å². The van der Waals surface area contributed by atoms with Crippen LogP contribution in [-0.2, 0) is 6.18 Å². The summed E-state index contributed by atoms with van der Waals surface area (Å²) >= 11 is 0. The Labute approximate surface area is 104 Å². The van der Waals surface area contributed by atoms with E-state index in [-0.39, 0.29) is 11.4 Å². The number of rotatable bonds is 1. The van der Waals surface area contributed by atoms with Gasteiger partial charge in [0.2, 0.25) is 0 Å². The lowest BCUT2D eigenvalue weighted by atomic mass is 10.1. The Balaban J connectivity index is 2.31. The van der Waals surface area contributed by atoms with E-state index in [1.165, 1.54) is 23.3 Å². The van der Waals surface area contributed by atoms with Gasteiger partial charge in [-0.2, -0.15) is 13.2 Å². The monoisotopic (exact) mass is 265 g/mol. The quantitative estimate of drug-likeness (QED) is 0.677. The minimum Gasteiger partial charge on any atom is -0.267 e. The topological polar surface area (TPSA) is 56.0 Å². The zero-order chi connectivity index (χ0) is 13.5. The Bertz CT molecular complexity index is 734. The fourth-order valence-corrected chi connectivity index (χ4v) is 1.77. The first-order valence-corrected chi connectivity index (χ1v) is 5.22. The number of fused-ring (bicyclic) bond motifs is 1. The fourth-order valence-electron chi connectivity index (χ4n) is 1.77. The summed E-state index contributed by atoms with van der Waals surface area (Å²) in [6, 6.07) is 0.917. The number of alkyl halides is 3. The molecule has 0 aliphatic rings. The Kier molecular flexibility index (Phi) is 2.44. The summed E-state index contributed by atoms with van der Waals surface area (Å²) in [6.45, 7) is 0. The predicted octanol–water partition coefficient (Wildman–Crippen LogP) is 2.21. The maximum Gasteiger partial charge on any atom is 0.417 e. The van der Waals surface area contributed by atoms with Gasteiger partial charge in [0, 0.05) is 18.0 Å². The van der Waals surface area contributed by atoms with Crippen LogP contribution in [0, 0.1) is 0 Å². The first-order chi connectivity index (χ1) is 9.07. The second-order valence-corrected chi connectivity index (χ2v) is 3.74. The van der Waals surface area contributed by atoms with Crippen molar-refractivity contribution in [2.24, 2.45) is 0 Å². The Morgan fingerprint density at radius 2 is 1.89 bits per heavy atom. The lowest BCUT2D eigenvalue weighted by molar-refractivity contribution is -0.137. The molecule has 0 spiro atoms. The molecule has 0 radical (unpaired) electrons. The molecule has 5 nitrogen and oxygen atoms in total. The average molecular weight is 265 g/mol. The molecule has 3 rings (SSSR count). The highest BCUT2D eigenvalue weighted by Crippen LogP contribution is 2.35. The second kappa shape index (κ2) is 4.01. The van der Waals surface area contributed by atoms with Crippen LogP contribution in [0.5, 0.6) is 0 Å². The molecule has 0 aliphatic heterocycles. The van der Waals surface area contributed by atoms with Crippen molar-refractivity contribution in [3.8, 4) is 11.4 Å². The van der Waals surface area contributed by atoms with Gasteiger partial charge in [-0.1, -0.05) is 0 Å². The van der Waals surface area contributed by atoms with Crippen LogP contribution >= 0.6 is 0 Å². The summed E-state index contributed by atoms with van der Waals surface area (Å²) in [5.74, 6) is 0.0999. The maximum atomic E-state index is 13.0. The predicted molar refractivity (Wildman–Crippen MR) is 59.0 cm³/mol. The molecule has 3 aromatic rings. The van der Waals surface area contributed by atoms with Crippen LogP contribution in [0.1, 0.15) is 5.56 Å². The molecule has 0 bridgehead atoms.